The highest BCUT2D eigenvalue weighted by Gasteiger charge is 1.95. The van der Waals surface area contributed by atoms with Crippen LogP contribution in [0.3, 0.4) is 0 Å². The zero-order chi connectivity index (χ0) is 42.4. The summed E-state index contributed by atoms with van der Waals surface area (Å²) in [5.74, 6) is -2.72. The van der Waals surface area contributed by atoms with Crippen molar-refractivity contribution in [1.29, 1.82) is 0 Å². The van der Waals surface area contributed by atoms with E-state index >= 15 is 0 Å². The highest BCUT2D eigenvalue weighted by atomic mass is 16.4. The van der Waals surface area contributed by atoms with E-state index in [2.05, 4.69) is 0 Å². The Labute approximate surface area is 168 Å². The second-order valence-corrected chi connectivity index (χ2v) is 2.31. The van der Waals surface area contributed by atoms with Gasteiger partial charge in [0.1, 0.15) is 0 Å². The molecule has 20 heavy (non-hydrogen) atoms. The molecule has 0 aliphatic carbocycles. The molecule has 0 aromatic carbocycles. The lowest BCUT2D eigenvalue weighted by atomic mass is 10.1. The summed E-state index contributed by atoms with van der Waals surface area (Å²) in [5.41, 5.74) is 0. The summed E-state index contributed by atoms with van der Waals surface area (Å²) in [7, 11) is 0. The Morgan fingerprint density at radius 3 is 2.25 bits per heavy atom. The molecule has 2 heteroatoms. The SMILES string of the molecule is [2H]/C(=C(\[2H])C([2H])([2H])C([2H])([2H])C([2H])([2H])C([2H])([2H])C([2H])([2H])[2H])C([2H])([2H])/C([2H])=C(/[2H])C([2H])([2H])C([2H])([2H])C([2H])([2H])C([2H])([2H])C([2H])([2H])C([2H])([2H])C([2H])([2H])C(=O)O. The lowest BCUT2D eigenvalue weighted by molar-refractivity contribution is -0.137. The first-order chi connectivity index (χ1) is 21.6. The standard InChI is InChI=1S/C18H32O2/c1-2-3-4-5-6-7-8-9-10-11-12-13-14-15-16-17-18(19)20/h6-7,9-10H,2-5,8,11-17H2,1H3,(H,19,20)/b7-6-,10-9-/i1D3,2D2,3D2,4D2,5D2,6D,7D,8D2,9D,10D,11D2,12D2,13D2,14D2,15D2,16D2,17D2. The lowest BCUT2D eigenvalue weighted by Gasteiger charge is -1.98. The van der Waals surface area contributed by atoms with Gasteiger partial charge in [-0.3, -0.25) is 4.79 Å². The van der Waals surface area contributed by atoms with E-state index in [0.29, 0.717) is 0 Å². The second-order valence-electron chi connectivity index (χ2n) is 2.31. The minimum Gasteiger partial charge on any atom is -0.481 e. The van der Waals surface area contributed by atoms with E-state index in [1.165, 1.54) is 0 Å². The number of carbonyl (C=O) groups is 1. The summed E-state index contributed by atoms with van der Waals surface area (Å²) in [6.07, 6.45) is -54.3. The minimum atomic E-state index is -4.82. The largest absolute Gasteiger partial charge is 0.481 e. The lowest BCUT2D eigenvalue weighted by Crippen LogP contribution is -1.93. The molecule has 0 unspecified atom stereocenters. The van der Waals surface area contributed by atoms with E-state index in [1.807, 2.05) is 0 Å². The van der Waals surface area contributed by atoms with Gasteiger partial charge >= 0.3 is 5.97 Å². The molecule has 116 valence electrons. The van der Waals surface area contributed by atoms with Crippen molar-refractivity contribution in [3.63, 3.8) is 0 Å². The van der Waals surface area contributed by atoms with E-state index in [0.717, 1.165) is 0 Å². The Balaban J connectivity index is 7.59. The Morgan fingerprint density at radius 1 is 1.00 bits per heavy atom. The number of carboxylic acid groups (broad SMARTS) is 1. The summed E-state index contributed by atoms with van der Waals surface area (Å²) in [6, 6.07) is -9.19. The van der Waals surface area contributed by atoms with Gasteiger partial charge in [-0.15, -0.1) is 0 Å². The highest BCUT2D eigenvalue weighted by molar-refractivity contribution is 5.66. The molecule has 0 saturated carbocycles. The van der Waals surface area contributed by atoms with E-state index < -0.39 is 114 Å². The molecule has 0 aromatic rings. The predicted octanol–water partition coefficient (Wildman–Crippen LogP) is 5.88. The molecule has 0 radical (unpaired) electrons. The minimum absolute atomic E-state index is 2.24. The van der Waals surface area contributed by atoms with Gasteiger partial charge in [-0.25, -0.2) is 0 Å². The molecular weight excluding hydrogens is 248 g/mol. The van der Waals surface area contributed by atoms with Crippen molar-refractivity contribution < 1.29 is 52.4 Å². The van der Waals surface area contributed by atoms with Gasteiger partial charge in [-0.05, 0) is 38.2 Å². The summed E-state index contributed by atoms with van der Waals surface area (Å²) in [4.78, 5) is 11.3. The van der Waals surface area contributed by atoms with Gasteiger partial charge in [0.15, 0.2) is 0 Å². The molecule has 1 N–H and O–H groups in total. The molecule has 0 aliphatic rings. The molecule has 0 fully saturated rings. The molecule has 0 saturated heterocycles. The van der Waals surface area contributed by atoms with Gasteiger partial charge in [0.25, 0.3) is 0 Å². The maximum Gasteiger partial charge on any atom is 0.303 e. The molecule has 0 heterocycles. The molecule has 0 spiro atoms. The highest BCUT2D eigenvalue weighted by Crippen LogP contribution is 2.08. The van der Waals surface area contributed by atoms with Crippen molar-refractivity contribution in [2.75, 3.05) is 0 Å². The van der Waals surface area contributed by atoms with Crippen molar-refractivity contribution in [2.45, 2.75) is 83.3 Å². The third-order valence-electron chi connectivity index (χ3n) is 1.04. The van der Waals surface area contributed by atoms with Crippen LogP contribution in [0, 0.1) is 0 Å². The third-order valence-corrected chi connectivity index (χ3v) is 1.04. The van der Waals surface area contributed by atoms with Gasteiger partial charge < -0.3 is 5.11 Å². The van der Waals surface area contributed by atoms with Gasteiger partial charge in [-0.1, -0.05) is 62.9 Å². The molecule has 0 atom stereocenters. The van der Waals surface area contributed by atoms with Gasteiger partial charge in [0, 0.05) is 43.4 Å². The first-order valence-corrected chi connectivity index (χ1v) is 4.68. The number of aliphatic carboxylic acids is 1. The van der Waals surface area contributed by atoms with Crippen LogP contribution >= 0.6 is 0 Å². The van der Waals surface area contributed by atoms with Crippen LogP contribution in [-0.4, -0.2) is 11.1 Å². The van der Waals surface area contributed by atoms with Crippen LogP contribution in [0.5, 0.6) is 0 Å². The van der Waals surface area contributed by atoms with Gasteiger partial charge in [-0.2, -0.15) is 0 Å². The monoisotopic (exact) mass is 311 g/mol. The average molecular weight is 312 g/mol. The number of allylic oxidation sites excluding steroid dienone is 4. The fraction of sp³-hybridized carbons (Fsp3) is 0.722. The van der Waals surface area contributed by atoms with Crippen LogP contribution < -0.4 is 0 Å². The Hall–Kier alpha value is -1.05. The van der Waals surface area contributed by atoms with Crippen LogP contribution in [0.4, 0.5) is 0 Å². The van der Waals surface area contributed by atoms with Gasteiger partial charge in [0.2, 0.25) is 0 Å². The summed E-state index contributed by atoms with van der Waals surface area (Å²) in [6.45, 7) is -3.98. The van der Waals surface area contributed by atoms with E-state index in [9.17, 15) is 4.79 Å². The predicted molar refractivity (Wildman–Crippen MR) is 87.0 cm³/mol. The van der Waals surface area contributed by atoms with Crippen LogP contribution in [-0.2, 0) is 4.79 Å². The van der Waals surface area contributed by atoms with Crippen molar-refractivity contribution in [3.05, 3.63) is 24.2 Å². The molecule has 0 aliphatic heterocycles. The average Bonchev–Trinajstić information content (AvgIpc) is 2.93. The first-order valence-electron chi connectivity index (χ1n) is 20.2. The van der Waals surface area contributed by atoms with Crippen molar-refractivity contribution >= 4 is 5.97 Å². The second kappa shape index (κ2) is 16.0. The van der Waals surface area contributed by atoms with Crippen molar-refractivity contribution in [2.24, 2.45) is 0 Å². The Kier molecular flexibility index (Phi) is 2.04. The fourth-order valence-electron chi connectivity index (χ4n) is 0.491. The number of rotatable bonds is 14. The molecule has 0 aromatic heterocycles. The summed E-state index contributed by atoms with van der Waals surface area (Å²) < 4.78 is 242. The van der Waals surface area contributed by atoms with Crippen LogP contribution in [0.2, 0.25) is 0 Å². The molecule has 0 bridgehead atoms. The summed E-state index contributed by atoms with van der Waals surface area (Å²) in [5, 5.41) is 9.04. The van der Waals surface area contributed by atoms with Crippen LogP contribution in [0.25, 0.3) is 0 Å². The topological polar surface area (TPSA) is 37.3 Å². The first kappa shape index (κ1) is 2.55. The molecule has 2 nitrogen and oxygen atoms in total. The normalized spacial score (nSPS) is 45.7. The van der Waals surface area contributed by atoms with Crippen molar-refractivity contribution in [1.82, 2.24) is 0 Å². The maximum atomic E-state index is 11.3. The number of hydrogen-bond donors (Lipinski definition) is 1. The third kappa shape index (κ3) is 16.9. The maximum absolute atomic E-state index is 11.3. The zero-order valence-corrected chi connectivity index (χ0v) is 9.86. The van der Waals surface area contributed by atoms with E-state index in [4.69, 9.17) is 47.6 Å². The number of hydrogen-bond acceptors (Lipinski definition) is 1. The van der Waals surface area contributed by atoms with Gasteiger partial charge in [0.05, 0.1) is 5.48 Å². The number of carboxylic acids is 1. The molecule has 0 rings (SSSR count). The van der Waals surface area contributed by atoms with E-state index in [-0.39, 0.29) is 0 Å². The van der Waals surface area contributed by atoms with Crippen molar-refractivity contribution in [3.8, 4) is 0 Å². The molecule has 0 amide bonds. The van der Waals surface area contributed by atoms with E-state index in [1.54, 1.807) is 0 Å². The smallest absolute Gasteiger partial charge is 0.303 e. The molecular formula is C18H32O2. The zero-order valence-electron chi connectivity index (χ0n) is 40.9. The quantitative estimate of drug-likeness (QED) is 0.406. The Bertz CT molecular complexity index is 1410. The fourth-order valence-corrected chi connectivity index (χ4v) is 0.491. The Morgan fingerprint density at radius 2 is 1.60 bits per heavy atom. The van der Waals surface area contributed by atoms with Crippen LogP contribution in [0.15, 0.2) is 24.2 Å². The summed E-state index contributed by atoms with van der Waals surface area (Å²) >= 11 is 0. The van der Waals surface area contributed by atoms with Crippen LogP contribution in [0.1, 0.15) is 126 Å².